The molecule has 0 aliphatic carbocycles. The number of carbonyl (C=O) groups excluding carboxylic acids is 3. The molecule has 0 bridgehead atoms. The molecule has 32 heavy (non-hydrogen) atoms. The second kappa shape index (κ2) is 9.62. The first-order valence-corrected chi connectivity index (χ1v) is 12.5. The minimum atomic E-state index is -3.76. The number of carbonyl (C=O) groups is 3. The second-order valence-electron chi connectivity index (χ2n) is 9.02. The third-order valence-corrected chi connectivity index (χ3v) is 8.06. The largest absolute Gasteiger partial charge is 0.364 e. The minimum absolute atomic E-state index is 0.0285. The van der Waals surface area contributed by atoms with Crippen molar-refractivity contribution in [3.05, 3.63) is 18.0 Å². The highest BCUT2D eigenvalue weighted by molar-refractivity contribution is 7.89. The quantitative estimate of drug-likeness (QED) is 0.641. The third kappa shape index (κ3) is 5.15. The highest BCUT2D eigenvalue weighted by Gasteiger charge is 2.35. The van der Waals surface area contributed by atoms with E-state index in [1.807, 2.05) is 18.7 Å². The lowest BCUT2D eigenvalue weighted by molar-refractivity contribution is -0.143. The summed E-state index contributed by atoms with van der Waals surface area (Å²) in [5.74, 6) is -0.442. The Morgan fingerprint density at radius 3 is 2.09 bits per heavy atom. The number of aromatic nitrogens is 1. The monoisotopic (exact) mass is 467 g/mol. The van der Waals surface area contributed by atoms with Gasteiger partial charge in [0.1, 0.15) is 10.6 Å². The molecule has 1 aromatic heterocycles. The van der Waals surface area contributed by atoms with E-state index in [0.717, 1.165) is 0 Å². The summed E-state index contributed by atoms with van der Waals surface area (Å²) in [6.07, 6.45) is 2.79. The van der Waals surface area contributed by atoms with Gasteiger partial charge in [-0.05, 0) is 24.8 Å². The molecule has 1 aromatic rings. The number of aryl methyl sites for hydroxylation is 1. The Kier molecular flexibility index (Phi) is 7.29. The normalized spacial score (nSPS) is 18.9. The van der Waals surface area contributed by atoms with Gasteiger partial charge in [0, 0.05) is 64.9 Å². The average Bonchev–Trinajstić information content (AvgIpc) is 3.16. The van der Waals surface area contributed by atoms with E-state index in [-0.39, 0.29) is 41.4 Å². The molecule has 3 rings (SSSR count). The van der Waals surface area contributed by atoms with Gasteiger partial charge in [-0.2, -0.15) is 4.31 Å². The number of amides is 3. The summed E-state index contributed by atoms with van der Waals surface area (Å²) in [4.78, 5) is 40.3. The SMILES string of the molecule is CC(C)CC(=O)N1CCN(C(=O)C2CCN(S(=O)(=O)c3cc(C(N)=O)n(C)c3)CC2)CC1. The van der Waals surface area contributed by atoms with Crippen LogP contribution in [0.2, 0.25) is 0 Å². The fourth-order valence-electron chi connectivity index (χ4n) is 4.33. The van der Waals surface area contributed by atoms with Crippen LogP contribution in [0.25, 0.3) is 0 Å². The summed E-state index contributed by atoms with van der Waals surface area (Å²) in [5.41, 5.74) is 5.41. The smallest absolute Gasteiger partial charge is 0.265 e. The first-order valence-electron chi connectivity index (χ1n) is 11.0. The number of primary amides is 1. The van der Waals surface area contributed by atoms with Crippen molar-refractivity contribution >= 4 is 27.7 Å². The van der Waals surface area contributed by atoms with E-state index < -0.39 is 15.9 Å². The zero-order valence-electron chi connectivity index (χ0n) is 19.0. The van der Waals surface area contributed by atoms with Crippen LogP contribution in [0.5, 0.6) is 0 Å². The van der Waals surface area contributed by atoms with Crippen molar-refractivity contribution in [3.63, 3.8) is 0 Å². The molecule has 2 fully saturated rings. The third-order valence-electron chi connectivity index (χ3n) is 6.20. The molecule has 178 valence electrons. The van der Waals surface area contributed by atoms with Crippen LogP contribution in [0.15, 0.2) is 17.2 Å². The van der Waals surface area contributed by atoms with Crippen molar-refractivity contribution in [2.45, 2.75) is 38.0 Å². The number of rotatable bonds is 6. The number of piperidine rings is 1. The van der Waals surface area contributed by atoms with Gasteiger partial charge < -0.3 is 20.1 Å². The van der Waals surface area contributed by atoms with Gasteiger partial charge in [-0.15, -0.1) is 0 Å². The predicted octanol–water partition coefficient (Wildman–Crippen LogP) is 0.242. The Morgan fingerprint density at radius 1 is 1.03 bits per heavy atom. The van der Waals surface area contributed by atoms with Crippen molar-refractivity contribution < 1.29 is 22.8 Å². The minimum Gasteiger partial charge on any atom is -0.364 e. The van der Waals surface area contributed by atoms with Crippen molar-refractivity contribution in [2.24, 2.45) is 24.6 Å². The molecule has 0 aromatic carbocycles. The molecule has 2 saturated heterocycles. The molecule has 0 unspecified atom stereocenters. The molecule has 2 N–H and O–H groups in total. The van der Waals surface area contributed by atoms with Crippen LogP contribution in [-0.4, -0.2) is 84.1 Å². The number of nitrogens with two attached hydrogens (primary N) is 1. The molecule has 0 saturated carbocycles. The van der Waals surface area contributed by atoms with Crippen molar-refractivity contribution in [2.75, 3.05) is 39.3 Å². The highest BCUT2D eigenvalue weighted by Crippen LogP contribution is 2.26. The highest BCUT2D eigenvalue weighted by atomic mass is 32.2. The van der Waals surface area contributed by atoms with E-state index in [1.165, 1.54) is 21.1 Å². The topological polar surface area (TPSA) is 126 Å². The molecule has 0 radical (unpaired) electrons. The molecule has 2 aliphatic heterocycles. The van der Waals surface area contributed by atoms with E-state index in [4.69, 9.17) is 5.73 Å². The van der Waals surface area contributed by atoms with Crippen LogP contribution in [-0.2, 0) is 26.7 Å². The van der Waals surface area contributed by atoms with Gasteiger partial charge >= 0.3 is 0 Å². The first-order chi connectivity index (χ1) is 15.0. The lowest BCUT2D eigenvalue weighted by Gasteiger charge is -2.38. The van der Waals surface area contributed by atoms with E-state index in [2.05, 4.69) is 0 Å². The Hall–Kier alpha value is -2.40. The molecule has 11 heteroatoms. The van der Waals surface area contributed by atoms with Gasteiger partial charge in [0.25, 0.3) is 5.91 Å². The zero-order valence-corrected chi connectivity index (χ0v) is 19.8. The van der Waals surface area contributed by atoms with Crippen molar-refractivity contribution in [1.29, 1.82) is 0 Å². The van der Waals surface area contributed by atoms with Crippen molar-refractivity contribution in [1.82, 2.24) is 18.7 Å². The lowest BCUT2D eigenvalue weighted by Crippen LogP contribution is -2.53. The second-order valence-corrected chi connectivity index (χ2v) is 11.0. The van der Waals surface area contributed by atoms with E-state index in [9.17, 15) is 22.8 Å². The van der Waals surface area contributed by atoms with Crippen LogP contribution in [0, 0.1) is 11.8 Å². The summed E-state index contributed by atoms with van der Waals surface area (Å²) in [5, 5.41) is 0. The summed E-state index contributed by atoms with van der Waals surface area (Å²) >= 11 is 0. The van der Waals surface area contributed by atoms with Crippen LogP contribution in [0.3, 0.4) is 0 Å². The Balaban J connectivity index is 1.54. The summed E-state index contributed by atoms with van der Waals surface area (Å²) in [7, 11) is -2.19. The first kappa shape index (κ1) is 24.2. The van der Waals surface area contributed by atoms with Gasteiger partial charge in [0.05, 0.1) is 0 Å². The van der Waals surface area contributed by atoms with Gasteiger partial charge in [0.2, 0.25) is 21.8 Å². The van der Waals surface area contributed by atoms with E-state index in [0.29, 0.717) is 51.4 Å². The average molecular weight is 468 g/mol. The number of nitrogens with zero attached hydrogens (tertiary/aromatic N) is 4. The molecule has 3 heterocycles. The van der Waals surface area contributed by atoms with Gasteiger partial charge in [0.15, 0.2) is 0 Å². The van der Waals surface area contributed by atoms with Crippen LogP contribution >= 0.6 is 0 Å². The molecule has 0 spiro atoms. The maximum Gasteiger partial charge on any atom is 0.265 e. The molecular weight excluding hydrogens is 434 g/mol. The fraction of sp³-hybridized carbons (Fsp3) is 0.667. The Bertz CT molecular complexity index is 971. The zero-order chi connectivity index (χ0) is 23.6. The number of sulfonamides is 1. The standard InChI is InChI=1S/C21H33N5O5S/c1-15(2)12-19(27)24-8-10-25(11-9-24)21(29)16-4-6-26(7-5-16)32(30,31)17-13-18(20(22)28)23(3)14-17/h13-16H,4-12H2,1-3H3,(H2,22,28). The molecule has 0 atom stereocenters. The number of hydrogen-bond donors (Lipinski definition) is 1. The van der Waals surface area contributed by atoms with Crippen molar-refractivity contribution in [3.8, 4) is 0 Å². The Labute approximate surface area is 189 Å². The summed E-state index contributed by atoms with van der Waals surface area (Å²) in [6.45, 7) is 6.62. The van der Waals surface area contributed by atoms with Gasteiger partial charge in [-0.1, -0.05) is 13.8 Å². The lowest BCUT2D eigenvalue weighted by atomic mass is 9.96. The summed E-state index contributed by atoms with van der Waals surface area (Å²) in [6, 6.07) is 1.29. The molecule has 10 nitrogen and oxygen atoms in total. The van der Waals surface area contributed by atoms with Crippen LogP contribution in [0.1, 0.15) is 43.6 Å². The Morgan fingerprint density at radius 2 is 1.59 bits per heavy atom. The predicted molar refractivity (Wildman–Crippen MR) is 118 cm³/mol. The van der Waals surface area contributed by atoms with E-state index >= 15 is 0 Å². The fourth-order valence-corrected chi connectivity index (χ4v) is 5.87. The van der Waals surface area contributed by atoms with Crippen LogP contribution in [0.4, 0.5) is 0 Å². The van der Waals surface area contributed by atoms with Gasteiger partial charge in [-0.3, -0.25) is 14.4 Å². The number of piperazine rings is 1. The molecule has 2 aliphatic rings. The maximum absolute atomic E-state index is 13.0. The van der Waals surface area contributed by atoms with Crippen LogP contribution < -0.4 is 5.73 Å². The summed E-state index contributed by atoms with van der Waals surface area (Å²) < 4.78 is 28.7. The molecular formula is C21H33N5O5S. The number of hydrogen-bond acceptors (Lipinski definition) is 5. The molecule has 3 amide bonds. The van der Waals surface area contributed by atoms with E-state index in [1.54, 1.807) is 11.9 Å². The van der Waals surface area contributed by atoms with Gasteiger partial charge in [-0.25, -0.2) is 8.42 Å². The maximum atomic E-state index is 13.0.